The first-order chi connectivity index (χ1) is 5.11. The second kappa shape index (κ2) is 5.84. The fourth-order valence-electron chi connectivity index (χ4n) is 1.46. The molecule has 0 fully saturated rings. The van der Waals surface area contributed by atoms with E-state index in [2.05, 4.69) is 25.8 Å². The Morgan fingerprint density at radius 1 is 1.27 bits per heavy atom. The molecule has 0 saturated heterocycles. The van der Waals surface area contributed by atoms with Crippen LogP contribution in [0.25, 0.3) is 0 Å². The molecule has 0 aromatic heterocycles. The maximum Gasteiger partial charge on any atom is 0.0435 e. The molecule has 11 heavy (non-hydrogen) atoms. The lowest BCUT2D eigenvalue weighted by atomic mass is 10.1. The second-order valence-electron chi connectivity index (χ2n) is 3.19. The molecule has 0 aliphatic rings. The van der Waals surface area contributed by atoms with Gasteiger partial charge >= 0.3 is 0 Å². The molecule has 68 valence electrons. The fraction of sp³-hybridized carbons (Fsp3) is 1.00. The van der Waals surface area contributed by atoms with Gasteiger partial charge in [0.05, 0.1) is 0 Å². The first-order valence-corrected chi connectivity index (χ1v) is 4.89. The van der Waals surface area contributed by atoms with Gasteiger partial charge in [-0.05, 0) is 26.8 Å². The zero-order valence-electron chi connectivity index (χ0n) is 8.10. The van der Waals surface area contributed by atoms with Crippen LogP contribution in [0.4, 0.5) is 0 Å². The average Bonchev–Trinajstić information content (AvgIpc) is 1.88. The zero-order valence-corrected chi connectivity index (χ0v) is 8.86. The van der Waals surface area contributed by atoms with E-state index < -0.39 is 0 Å². The first kappa shape index (κ1) is 11.2. The van der Waals surface area contributed by atoms with Gasteiger partial charge in [-0.3, -0.25) is 0 Å². The van der Waals surface area contributed by atoms with Gasteiger partial charge in [-0.1, -0.05) is 13.8 Å². The summed E-state index contributed by atoms with van der Waals surface area (Å²) < 4.78 is 0. The van der Waals surface area contributed by atoms with E-state index in [1.54, 1.807) is 0 Å². The average molecular weight is 178 g/mol. The third-order valence-electron chi connectivity index (χ3n) is 2.11. The minimum absolute atomic E-state index is 0.264. The molecule has 1 nitrogen and oxygen atoms in total. The molecule has 1 atom stereocenters. The van der Waals surface area contributed by atoms with Crippen molar-refractivity contribution in [3.63, 3.8) is 0 Å². The highest BCUT2D eigenvalue weighted by Gasteiger charge is 2.11. The standard InChI is InChI=1S/C9H20ClN/c1-5-9(6-2)11(4)7-8(3)10/h8-9H,5-7H2,1-4H3. The van der Waals surface area contributed by atoms with E-state index in [0.29, 0.717) is 6.04 Å². The Bertz CT molecular complexity index is 89.6. The summed E-state index contributed by atoms with van der Waals surface area (Å²) in [6.45, 7) is 7.49. The van der Waals surface area contributed by atoms with Gasteiger partial charge in [-0.15, -0.1) is 11.6 Å². The van der Waals surface area contributed by atoms with Gasteiger partial charge in [0.25, 0.3) is 0 Å². The van der Waals surface area contributed by atoms with Gasteiger partial charge in [0.15, 0.2) is 0 Å². The first-order valence-electron chi connectivity index (χ1n) is 4.46. The maximum atomic E-state index is 5.89. The van der Waals surface area contributed by atoms with E-state index in [1.165, 1.54) is 12.8 Å². The lowest BCUT2D eigenvalue weighted by Crippen LogP contribution is -2.34. The smallest absolute Gasteiger partial charge is 0.0435 e. The Hall–Kier alpha value is 0.250. The molecule has 0 spiro atoms. The summed E-state index contributed by atoms with van der Waals surface area (Å²) in [5, 5.41) is 0.264. The third-order valence-corrected chi connectivity index (χ3v) is 2.24. The van der Waals surface area contributed by atoms with E-state index in [9.17, 15) is 0 Å². The summed E-state index contributed by atoms with van der Waals surface area (Å²) in [4.78, 5) is 2.34. The van der Waals surface area contributed by atoms with Crippen LogP contribution >= 0.6 is 11.6 Å². The van der Waals surface area contributed by atoms with Crippen LogP contribution in [0.3, 0.4) is 0 Å². The van der Waals surface area contributed by atoms with Crippen molar-refractivity contribution in [3.05, 3.63) is 0 Å². The van der Waals surface area contributed by atoms with Crippen LogP contribution < -0.4 is 0 Å². The molecule has 0 aromatic carbocycles. The van der Waals surface area contributed by atoms with Gasteiger partial charge in [0.1, 0.15) is 0 Å². The third kappa shape index (κ3) is 4.65. The lowest BCUT2D eigenvalue weighted by molar-refractivity contribution is 0.232. The van der Waals surface area contributed by atoms with Crippen molar-refractivity contribution >= 4 is 11.6 Å². The number of alkyl halides is 1. The van der Waals surface area contributed by atoms with Gasteiger partial charge in [0.2, 0.25) is 0 Å². The van der Waals surface area contributed by atoms with Crippen LogP contribution in [-0.2, 0) is 0 Å². The molecule has 0 N–H and O–H groups in total. The van der Waals surface area contributed by atoms with Crippen molar-refractivity contribution in [2.24, 2.45) is 0 Å². The second-order valence-corrected chi connectivity index (χ2v) is 3.94. The largest absolute Gasteiger partial charge is 0.302 e. The number of rotatable bonds is 5. The van der Waals surface area contributed by atoms with Gasteiger partial charge in [-0.2, -0.15) is 0 Å². The lowest BCUT2D eigenvalue weighted by Gasteiger charge is -2.26. The summed E-state index contributed by atoms with van der Waals surface area (Å²) in [5.41, 5.74) is 0. The Morgan fingerprint density at radius 2 is 1.73 bits per heavy atom. The maximum absolute atomic E-state index is 5.89. The van der Waals surface area contributed by atoms with Crippen molar-refractivity contribution < 1.29 is 0 Å². The van der Waals surface area contributed by atoms with Crippen molar-refractivity contribution in [1.82, 2.24) is 4.90 Å². The molecule has 0 aliphatic heterocycles. The molecular formula is C9H20ClN. The highest BCUT2D eigenvalue weighted by atomic mass is 35.5. The summed E-state index contributed by atoms with van der Waals surface area (Å²) >= 11 is 5.89. The molecule has 0 bridgehead atoms. The molecule has 0 rings (SSSR count). The monoisotopic (exact) mass is 177 g/mol. The molecular weight excluding hydrogens is 158 g/mol. The van der Waals surface area contributed by atoms with Crippen LogP contribution in [0.15, 0.2) is 0 Å². The number of nitrogens with zero attached hydrogens (tertiary/aromatic N) is 1. The molecule has 0 radical (unpaired) electrons. The van der Waals surface area contributed by atoms with E-state index in [4.69, 9.17) is 11.6 Å². The zero-order chi connectivity index (χ0) is 8.85. The molecule has 0 aliphatic carbocycles. The minimum Gasteiger partial charge on any atom is -0.302 e. The van der Waals surface area contributed by atoms with E-state index in [1.807, 2.05) is 6.92 Å². The van der Waals surface area contributed by atoms with Gasteiger partial charge in [-0.25, -0.2) is 0 Å². The van der Waals surface area contributed by atoms with Crippen LogP contribution in [-0.4, -0.2) is 29.9 Å². The topological polar surface area (TPSA) is 3.24 Å². The quantitative estimate of drug-likeness (QED) is 0.584. The van der Waals surface area contributed by atoms with Crippen LogP contribution in [0.1, 0.15) is 33.6 Å². The highest BCUT2D eigenvalue weighted by molar-refractivity contribution is 6.20. The SMILES string of the molecule is CCC(CC)N(C)CC(C)Cl. The number of hydrogen-bond acceptors (Lipinski definition) is 1. The minimum atomic E-state index is 0.264. The van der Waals surface area contributed by atoms with E-state index >= 15 is 0 Å². The molecule has 0 heterocycles. The van der Waals surface area contributed by atoms with Gasteiger partial charge in [0, 0.05) is 18.0 Å². The molecule has 0 amide bonds. The Balaban J connectivity index is 3.68. The Morgan fingerprint density at radius 3 is 2.00 bits per heavy atom. The molecule has 2 heteroatoms. The van der Waals surface area contributed by atoms with E-state index in [0.717, 1.165) is 6.54 Å². The predicted octanol–water partition coefficient (Wildman–Crippen LogP) is 2.73. The number of halogens is 1. The molecule has 0 saturated carbocycles. The van der Waals surface area contributed by atoms with Crippen molar-refractivity contribution in [1.29, 1.82) is 0 Å². The normalized spacial score (nSPS) is 14.5. The highest BCUT2D eigenvalue weighted by Crippen LogP contribution is 2.07. The summed E-state index contributed by atoms with van der Waals surface area (Å²) in [6.07, 6.45) is 2.44. The van der Waals surface area contributed by atoms with Crippen LogP contribution in [0.5, 0.6) is 0 Å². The Kier molecular flexibility index (Phi) is 5.98. The number of hydrogen-bond donors (Lipinski definition) is 0. The molecule has 1 unspecified atom stereocenters. The Labute approximate surface area is 75.7 Å². The van der Waals surface area contributed by atoms with E-state index in [-0.39, 0.29) is 5.38 Å². The van der Waals surface area contributed by atoms with Crippen molar-refractivity contribution in [2.75, 3.05) is 13.6 Å². The fourth-order valence-corrected chi connectivity index (χ4v) is 1.68. The van der Waals surface area contributed by atoms with Crippen LogP contribution in [0.2, 0.25) is 0 Å². The summed E-state index contributed by atoms with van der Waals surface area (Å²) in [5.74, 6) is 0. The van der Waals surface area contributed by atoms with Crippen molar-refractivity contribution in [2.45, 2.75) is 45.0 Å². The molecule has 0 aromatic rings. The van der Waals surface area contributed by atoms with Gasteiger partial charge < -0.3 is 4.90 Å². The van der Waals surface area contributed by atoms with Crippen LogP contribution in [0, 0.1) is 0 Å². The summed E-state index contributed by atoms with van der Waals surface area (Å²) in [7, 11) is 2.15. The van der Waals surface area contributed by atoms with Crippen molar-refractivity contribution in [3.8, 4) is 0 Å². The predicted molar refractivity (Wildman–Crippen MR) is 52.3 cm³/mol. The summed E-state index contributed by atoms with van der Waals surface area (Å²) in [6, 6.07) is 0.705.